The zero-order chi connectivity index (χ0) is 13.1. The van der Waals surface area contributed by atoms with Gasteiger partial charge < -0.3 is 5.73 Å². The van der Waals surface area contributed by atoms with Gasteiger partial charge in [0.05, 0.1) is 0 Å². The van der Waals surface area contributed by atoms with Gasteiger partial charge in [0.1, 0.15) is 10.9 Å². The van der Waals surface area contributed by atoms with Crippen LogP contribution in [0.1, 0.15) is 5.56 Å². The highest BCUT2D eigenvalue weighted by molar-refractivity contribution is 9.10. The Balaban J connectivity index is 2.37. The predicted octanol–water partition coefficient (Wildman–Crippen LogP) is 4.04. The summed E-state index contributed by atoms with van der Waals surface area (Å²) in [6.45, 7) is 0. The summed E-state index contributed by atoms with van der Waals surface area (Å²) in [5.41, 5.74) is 6.31. The smallest absolute Gasteiger partial charge is 0.125 e. The van der Waals surface area contributed by atoms with E-state index in [1.807, 2.05) is 30.3 Å². The lowest BCUT2D eigenvalue weighted by Gasteiger charge is -2.09. The molecule has 2 rings (SSSR count). The highest BCUT2D eigenvalue weighted by Crippen LogP contribution is 2.32. The summed E-state index contributed by atoms with van der Waals surface area (Å²) in [6.07, 6.45) is 1.74. The van der Waals surface area contributed by atoms with Gasteiger partial charge in [0.15, 0.2) is 0 Å². The van der Waals surface area contributed by atoms with Crippen LogP contribution in [0.4, 0.5) is 0 Å². The van der Waals surface area contributed by atoms with Crippen LogP contribution in [0.3, 0.4) is 0 Å². The first-order valence-electron chi connectivity index (χ1n) is 5.00. The van der Waals surface area contributed by atoms with Crippen LogP contribution in [0.25, 0.3) is 0 Å². The van der Waals surface area contributed by atoms with E-state index in [-0.39, 0.29) is 5.84 Å². The largest absolute Gasteiger partial charge is 0.384 e. The molecule has 3 nitrogen and oxygen atoms in total. The van der Waals surface area contributed by atoms with Crippen molar-refractivity contribution in [1.29, 1.82) is 5.41 Å². The Morgan fingerprint density at radius 1 is 1.22 bits per heavy atom. The number of rotatable bonds is 3. The lowest BCUT2D eigenvalue weighted by Crippen LogP contribution is -2.13. The van der Waals surface area contributed by atoms with Crippen LogP contribution in [0.15, 0.2) is 55.4 Å². The Morgan fingerprint density at radius 2 is 2.00 bits per heavy atom. The quantitative estimate of drug-likeness (QED) is 0.618. The fraction of sp³-hybridized carbons (Fsp3) is 0. The monoisotopic (exact) mass is 385 g/mol. The van der Waals surface area contributed by atoms with Crippen molar-refractivity contribution >= 4 is 49.5 Å². The van der Waals surface area contributed by atoms with Crippen LogP contribution >= 0.6 is 43.6 Å². The Bertz CT molecular complexity index is 584. The van der Waals surface area contributed by atoms with Crippen molar-refractivity contribution in [2.75, 3.05) is 0 Å². The molecule has 0 fully saturated rings. The van der Waals surface area contributed by atoms with Gasteiger partial charge in [-0.15, -0.1) is 0 Å². The maximum Gasteiger partial charge on any atom is 0.125 e. The number of nitrogens with one attached hydrogen (secondary N) is 1. The average Bonchev–Trinajstić information content (AvgIpc) is 2.32. The van der Waals surface area contributed by atoms with Gasteiger partial charge in [-0.2, -0.15) is 0 Å². The maximum atomic E-state index is 7.62. The number of aromatic nitrogens is 1. The van der Waals surface area contributed by atoms with Crippen LogP contribution < -0.4 is 5.73 Å². The molecule has 0 saturated carbocycles. The van der Waals surface area contributed by atoms with Crippen molar-refractivity contribution in [3.8, 4) is 0 Å². The minimum atomic E-state index is 0.0436. The molecule has 1 aromatic carbocycles. The molecule has 0 saturated heterocycles. The minimum absolute atomic E-state index is 0.0436. The molecule has 0 aliphatic rings. The zero-order valence-corrected chi connectivity index (χ0v) is 13.1. The highest BCUT2D eigenvalue weighted by atomic mass is 79.9. The minimum Gasteiger partial charge on any atom is -0.384 e. The Kier molecular flexibility index (Phi) is 4.42. The second kappa shape index (κ2) is 5.86. The fourth-order valence-corrected chi connectivity index (χ4v) is 3.27. The SMILES string of the molecule is N=C(N)c1c(Br)cccc1Sc1ccc(Br)cn1. The van der Waals surface area contributed by atoms with Crippen LogP contribution in [-0.4, -0.2) is 10.8 Å². The first-order valence-corrected chi connectivity index (χ1v) is 7.40. The Labute approximate surface area is 126 Å². The van der Waals surface area contributed by atoms with Crippen molar-refractivity contribution in [1.82, 2.24) is 4.98 Å². The molecule has 0 radical (unpaired) electrons. The summed E-state index contributed by atoms with van der Waals surface area (Å²) in [6, 6.07) is 9.56. The summed E-state index contributed by atoms with van der Waals surface area (Å²) >= 11 is 8.24. The van der Waals surface area contributed by atoms with Gasteiger partial charge in [-0.1, -0.05) is 17.8 Å². The molecule has 92 valence electrons. The van der Waals surface area contributed by atoms with Gasteiger partial charge in [0, 0.05) is 25.6 Å². The third-order valence-corrected chi connectivity index (χ3v) is 4.30. The predicted molar refractivity (Wildman–Crippen MR) is 81.2 cm³/mol. The van der Waals surface area contributed by atoms with E-state index in [0.717, 1.165) is 18.9 Å². The number of hydrogen-bond donors (Lipinski definition) is 2. The van der Waals surface area contributed by atoms with Gasteiger partial charge in [-0.25, -0.2) is 4.98 Å². The summed E-state index contributed by atoms with van der Waals surface area (Å²) in [4.78, 5) is 5.20. The van der Waals surface area contributed by atoms with Crippen molar-refractivity contribution in [3.63, 3.8) is 0 Å². The number of nitrogens with two attached hydrogens (primary N) is 1. The Morgan fingerprint density at radius 3 is 2.61 bits per heavy atom. The topological polar surface area (TPSA) is 62.8 Å². The maximum absolute atomic E-state index is 7.62. The van der Waals surface area contributed by atoms with Crippen molar-refractivity contribution in [2.24, 2.45) is 5.73 Å². The number of nitrogen functional groups attached to an aromatic ring is 1. The third-order valence-electron chi connectivity index (χ3n) is 2.16. The van der Waals surface area contributed by atoms with Gasteiger partial charge in [-0.05, 0) is 56.1 Å². The number of nitrogens with zero attached hydrogens (tertiary/aromatic N) is 1. The van der Waals surface area contributed by atoms with E-state index in [4.69, 9.17) is 11.1 Å². The molecule has 0 unspecified atom stereocenters. The molecule has 2 aromatic rings. The van der Waals surface area contributed by atoms with Gasteiger partial charge in [0.2, 0.25) is 0 Å². The van der Waals surface area contributed by atoms with Gasteiger partial charge in [-0.3, -0.25) is 5.41 Å². The lowest BCUT2D eigenvalue weighted by molar-refractivity contribution is 1.12. The molecule has 1 heterocycles. The van der Waals surface area contributed by atoms with Crippen LogP contribution in [-0.2, 0) is 0 Å². The molecular weight excluding hydrogens is 378 g/mol. The average molecular weight is 387 g/mol. The first kappa shape index (κ1) is 13.6. The van der Waals surface area contributed by atoms with Crippen molar-refractivity contribution in [2.45, 2.75) is 9.92 Å². The fourth-order valence-electron chi connectivity index (χ4n) is 1.39. The van der Waals surface area contributed by atoms with Crippen LogP contribution in [0.5, 0.6) is 0 Å². The summed E-state index contributed by atoms with van der Waals surface area (Å²) in [7, 11) is 0. The van der Waals surface area contributed by atoms with Gasteiger partial charge >= 0.3 is 0 Å². The Hall–Kier alpha value is -0.850. The third kappa shape index (κ3) is 3.13. The molecule has 0 atom stereocenters. The van der Waals surface area contributed by atoms with E-state index < -0.39 is 0 Å². The van der Waals surface area contributed by atoms with E-state index in [0.29, 0.717) is 5.56 Å². The highest BCUT2D eigenvalue weighted by Gasteiger charge is 2.11. The number of benzene rings is 1. The number of amidine groups is 1. The summed E-state index contributed by atoms with van der Waals surface area (Å²) < 4.78 is 1.75. The zero-order valence-electron chi connectivity index (χ0n) is 9.15. The summed E-state index contributed by atoms with van der Waals surface area (Å²) in [5, 5.41) is 8.48. The molecule has 3 N–H and O–H groups in total. The summed E-state index contributed by atoms with van der Waals surface area (Å²) in [5.74, 6) is 0.0436. The molecule has 1 aromatic heterocycles. The van der Waals surface area contributed by atoms with E-state index in [1.165, 1.54) is 11.8 Å². The molecule has 0 bridgehead atoms. The number of hydrogen-bond acceptors (Lipinski definition) is 3. The molecule has 0 aliphatic heterocycles. The second-order valence-corrected chi connectivity index (χ2v) is 6.28. The molecule has 0 spiro atoms. The molecule has 0 aliphatic carbocycles. The van der Waals surface area contributed by atoms with Crippen molar-refractivity contribution in [3.05, 3.63) is 51.0 Å². The van der Waals surface area contributed by atoms with Crippen LogP contribution in [0.2, 0.25) is 0 Å². The molecule has 6 heteroatoms. The van der Waals surface area contributed by atoms with E-state index in [1.54, 1.807) is 6.20 Å². The van der Waals surface area contributed by atoms with E-state index in [2.05, 4.69) is 36.8 Å². The van der Waals surface area contributed by atoms with E-state index in [9.17, 15) is 0 Å². The molecule has 0 amide bonds. The lowest BCUT2D eigenvalue weighted by atomic mass is 10.2. The van der Waals surface area contributed by atoms with Gasteiger partial charge in [0.25, 0.3) is 0 Å². The van der Waals surface area contributed by atoms with Crippen LogP contribution in [0, 0.1) is 5.41 Å². The van der Waals surface area contributed by atoms with E-state index >= 15 is 0 Å². The second-order valence-electron chi connectivity index (χ2n) is 3.44. The number of halogens is 2. The molecule has 18 heavy (non-hydrogen) atoms. The molecular formula is C12H9Br2N3S. The first-order chi connectivity index (χ1) is 8.58. The van der Waals surface area contributed by atoms with Crippen molar-refractivity contribution < 1.29 is 0 Å². The number of pyridine rings is 1. The standard InChI is InChI=1S/C12H9Br2N3S/c13-7-4-5-10(17-6-7)18-9-3-1-2-8(14)11(9)12(15)16/h1-6H,(H3,15,16). The normalized spacial score (nSPS) is 10.3.